The first-order valence-electron chi connectivity index (χ1n) is 14.4. The molecular formula is C30H53BN2O5Si. The molecule has 3 rings (SSSR count). The molecule has 1 unspecified atom stereocenters. The summed E-state index contributed by atoms with van der Waals surface area (Å²) in [5.41, 5.74) is 0.803. The fraction of sp³-hybridized carbons (Fsp3) is 0.767. The highest BCUT2D eigenvalue weighted by atomic mass is 28.4. The number of ether oxygens (including phenoxy) is 1. The van der Waals surface area contributed by atoms with Crippen LogP contribution in [0.2, 0.25) is 18.1 Å². The topological polar surface area (TPSA) is 69.3 Å². The number of hydrogen-bond acceptors (Lipinski definition) is 6. The molecule has 3 atom stereocenters. The molecule has 39 heavy (non-hydrogen) atoms. The van der Waals surface area contributed by atoms with Crippen LogP contribution in [0.25, 0.3) is 0 Å². The third kappa shape index (κ3) is 7.10. The van der Waals surface area contributed by atoms with Crippen molar-refractivity contribution in [2.45, 2.75) is 123 Å². The van der Waals surface area contributed by atoms with E-state index in [1.54, 1.807) is 7.05 Å². The number of likely N-dealkylation sites (tertiary alicyclic amines) is 1. The molecule has 0 saturated carbocycles. The van der Waals surface area contributed by atoms with Crippen molar-refractivity contribution in [3.8, 4) is 0 Å². The van der Waals surface area contributed by atoms with Gasteiger partial charge in [0.05, 0.1) is 23.3 Å². The Morgan fingerprint density at radius 3 is 2.21 bits per heavy atom. The summed E-state index contributed by atoms with van der Waals surface area (Å²) in [5.74, 6) is 0. The molecular weight excluding hydrogens is 507 g/mol. The van der Waals surface area contributed by atoms with Crippen LogP contribution < -0.4 is 10.8 Å². The normalized spacial score (nSPS) is 23.5. The molecule has 9 heteroatoms. The lowest BCUT2D eigenvalue weighted by Gasteiger charge is -2.43. The van der Waals surface area contributed by atoms with Crippen molar-refractivity contribution in [1.82, 2.24) is 10.2 Å². The van der Waals surface area contributed by atoms with Crippen LogP contribution in [0.3, 0.4) is 0 Å². The van der Waals surface area contributed by atoms with E-state index in [0.717, 1.165) is 30.5 Å². The second kappa shape index (κ2) is 11.1. The molecule has 0 spiro atoms. The first-order valence-corrected chi connectivity index (χ1v) is 17.3. The van der Waals surface area contributed by atoms with E-state index in [4.69, 9.17) is 18.5 Å². The third-order valence-corrected chi connectivity index (χ3v) is 13.7. The highest BCUT2D eigenvalue weighted by molar-refractivity contribution is 6.74. The fourth-order valence-electron chi connectivity index (χ4n) is 5.24. The highest BCUT2D eigenvalue weighted by Gasteiger charge is 2.52. The molecule has 0 bridgehead atoms. The van der Waals surface area contributed by atoms with Gasteiger partial charge in [0.25, 0.3) is 0 Å². The lowest BCUT2D eigenvalue weighted by Crippen LogP contribution is -2.50. The fourth-order valence-corrected chi connectivity index (χ4v) is 6.62. The van der Waals surface area contributed by atoms with Gasteiger partial charge in [0.2, 0.25) is 0 Å². The number of benzene rings is 1. The predicted octanol–water partition coefficient (Wildman–Crippen LogP) is 5.89. The molecule has 7 nitrogen and oxygen atoms in total. The maximum atomic E-state index is 12.7. The second-order valence-corrected chi connectivity index (χ2v) is 19.7. The largest absolute Gasteiger partial charge is 0.494 e. The summed E-state index contributed by atoms with van der Waals surface area (Å²) in [7, 11) is -0.785. The highest BCUT2D eigenvalue weighted by Crippen LogP contribution is 2.42. The van der Waals surface area contributed by atoms with Crippen LogP contribution in [0, 0.1) is 5.41 Å². The van der Waals surface area contributed by atoms with Gasteiger partial charge in [-0.25, -0.2) is 4.79 Å². The average molecular weight is 561 g/mol. The van der Waals surface area contributed by atoms with Crippen LogP contribution >= 0.6 is 0 Å². The Hall–Kier alpha value is -1.39. The van der Waals surface area contributed by atoms with Gasteiger partial charge in [-0.3, -0.25) is 4.90 Å². The van der Waals surface area contributed by atoms with Gasteiger partial charge in [-0.05, 0) is 68.7 Å². The van der Waals surface area contributed by atoms with Gasteiger partial charge < -0.3 is 23.8 Å². The molecule has 2 saturated heterocycles. The zero-order valence-electron chi connectivity index (χ0n) is 26.7. The lowest BCUT2D eigenvalue weighted by atomic mass is 9.75. The number of nitrogens with zero attached hydrogens (tertiary/aromatic N) is 1. The standard InChI is InChI=1S/C30H53BN2O5Si/c1-27(2,3)25(33-18-17-23(20-33)36-39(12,13)28(4,5)6)24(35-26(34)32-11)21-15-14-16-22(19-21)31-37-29(7,8)30(9,10)38-31/h14-16,19,23-25H,17-18,20H2,1-13H3,(H,32,34)/t23-,24+,25?/m0/s1. The van der Waals surface area contributed by atoms with Crippen LogP contribution in [-0.2, 0) is 18.5 Å². The van der Waals surface area contributed by atoms with E-state index < -0.39 is 38.8 Å². The van der Waals surface area contributed by atoms with Crippen LogP contribution in [0.5, 0.6) is 0 Å². The van der Waals surface area contributed by atoms with E-state index in [2.05, 4.69) is 98.6 Å². The first kappa shape index (κ1) is 32.1. The lowest BCUT2D eigenvalue weighted by molar-refractivity contribution is -0.0161. The Balaban J connectivity index is 1.94. The first-order chi connectivity index (χ1) is 17.7. The molecule has 0 radical (unpaired) electrons. The zero-order chi connectivity index (χ0) is 29.6. The van der Waals surface area contributed by atoms with Gasteiger partial charge in [0, 0.05) is 20.1 Å². The molecule has 1 N–H and O–H groups in total. The van der Waals surface area contributed by atoms with Crippen molar-refractivity contribution in [3.63, 3.8) is 0 Å². The SMILES string of the molecule is CNC(=O)O[C@H](c1cccc(B2OC(C)(C)C(C)(C)O2)c1)C(N1CC[C@H](O[Si](C)(C)C(C)(C)C)C1)C(C)(C)C. The van der Waals surface area contributed by atoms with Crippen molar-refractivity contribution in [2.75, 3.05) is 20.1 Å². The molecule has 2 fully saturated rings. The summed E-state index contributed by atoms with van der Waals surface area (Å²) in [6, 6.07) is 8.09. The Kier molecular flexibility index (Phi) is 9.16. The van der Waals surface area contributed by atoms with Gasteiger partial charge >= 0.3 is 13.2 Å². The Bertz CT molecular complexity index is 1000. The maximum absolute atomic E-state index is 12.7. The Labute approximate surface area is 239 Å². The van der Waals surface area contributed by atoms with Gasteiger partial charge in [0.15, 0.2) is 8.32 Å². The van der Waals surface area contributed by atoms with E-state index in [9.17, 15) is 4.79 Å². The minimum atomic E-state index is -1.90. The minimum Gasteiger partial charge on any atom is -0.440 e. The van der Waals surface area contributed by atoms with E-state index in [1.807, 2.05) is 18.2 Å². The van der Waals surface area contributed by atoms with Crippen molar-refractivity contribution in [3.05, 3.63) is 29.8 Å². The smallest absolute Gasteiger partial charge is 0.440 e. The van der Waals surface area contributed by atoms with Crippen molar-refractivity contribution in [1.29, 1.82) is 0 Å². The molecule has 1 aromatic rings. The van der Waals surface area contributed by atoms with Crippen molar-refractivity contribution >= 4 is 27.0 Å². The van der Waals surface area contributed by atoms with Gasteiger partial charge in [0.1, 0.15) is 6.10 Å². The van der Waals surface area contributed by atoms with Crippen molar-refractivity contribution < 1.29 is 23.3 Å². The molecule has 1 amide bonds. The van der Waals surface area contributed by atoms with E-state index in [-0.39, 0.29) is 22.6 Å². The third-order valence-electron chi connectivity index (χ3n) is 9.21. The monoisotopic (exact) mass is 560 g/mol. The maximum Gasteiger partial charge on any atom is 0.494 e. The molecule has 2 aliphatic rings. The molecule has 2 aliphatic heterocycles. The molecule has 220 valence electrons. The number of hydrogen-bond donors (Lipinski definition) is 1. The summed E-state index contributed by atoms with van der Waals surface area (Å²) < 4.78 is 25.7. The summed E-state index contributed by atoms with van der Waals surface area (Å²) in [6.07, 6.45) is 0.217. The molecule has 0 aliphatic carbocycles. The number of carbonyl (C=O) groups excluding carboxylic acids is 1. The van der Waals surface area contributed by atoms with E-state index >= 15 is 0 Å². The average Bonchev–Trinajstić information content (AvgIpc) is 3.31. The molecule has 1 aromatic carbocycles. The summed E-state index contributed by atoms with van der Waals surface area (Å²) in [6.45, 7) is 28.1. The minimum absolute atomic E-state index is 0.0589. The van der Waals surface area contributed by atoms with E-state index in [0.29, 0.717) is 0 Å². The van der Waals surface area contributed by atoms with Gasteiger partial charge in [-0.15, -0.1) is 0 Å². The van der Waals surface area contributed by atoms with Gasteiger partial charge in [-0.1, -0.05) is 65.8 Å². The van der Waals surface area contributed by atoms with Crippen LogP contribution in [-0.4, -0.2) is 69.9 Å². The van der Waals surface area contributed by atoms with Crippen molar-refractivity contribution in [2.24, 2.45) is 5.41 Å². The number of alkyl carbamates (subject to hydrolysis) is 1. The number of rotatable bonds is 7. The summed E-state index contributed by atoms with van der Waals surface area (Å²) >= 11 is 0. The van der Waals surface area contributed by atoms with Crippen LogP contribution in [0.4, 0.5) is 4.79 Å². The predicted molar refractivity (Wildman–Crippen MR) is 162 cm³/mol. The Morgan fingerprint density at radius 1 is 1.10 bits per heavy atom. The van der Waals surface area contributed by atoms with Gasteiger partial charge in [-0.2, -0.15) is 0 Å². The molecule has 2 heterocycles. The van der Waals surface area contributed by atoms with E-state index in [1.165, 1.54) is 0 Å². The quantitative estimate of drug-likeness (QED) is 0.419. The number of amides is 1. The van der Waals surface area contributed by atoms with Crippen LogP contribution in [0.15, 0.2) is 24.3 Å². The zero-order valence-corrected chi connectivity index (χ0v) is 27.7. The summed E-state index contributed by atoms with van der Waals surface area (Å²) in [5, 5.41) is 2.82. The number of nitrogens with one attached hydrogen (secondary N) is 1. The Morgan fingerprint density at radius 2 is 1.69 bits per heavy atom. The molecule has 0 aromatic heterocycles. The van der Waals surface area contributed by atoms with Crippen LogP contribution in [0.1, 0.15) is 87.3 Å². The second-order valence-electron chi connectivity index (χ2n) is 14.9. The summed E-state index contributed by atoms with van der Waals surface area (Å²) in [4.78, 5) is 15.2. The number of carbonyl (C=O) groups is 1.